The number of rotatable bonds is 5. The van der Waals surface area contributed by atoms with Crippen LogP contribution in [-0.4, -0.2) is 0 Å². The molecule has 13 rings (SSSR count). The third-order valence-electron chi connectivity index (χ3n) is 13.7. The predicted molar refractivity (Wildman–Crippen MR) is 261 cm³/mol. The van der Waals surface area contributed by atoms with Gasteiger partial charge in [-0.25, -0.2) is 0 Å². The summed E-state index contributed by atoms with van der Waals surface area (Å²) in [5.41, 5.74) is 18.3. The number of fused-ring (bicyclic) bond motifs is 16. The van der Waals surface area contributed by atoms with E-state index in [1.165, 1.54) is 99.1 Å². The minimum Gasteiger partial charge on any atom is -0.310 e. The van der Waals surface area contributed by atoms with Gasteiger partial charge in [0.2, 0.25) is 0 Å². The van der Waals surface area contributed by atoms with Crippen molar-refractivity contribution in [2.75, 3.05) is 4.90 Å². The zero-order chi connectivity index (χ0) is 40.8. The molecule has 0 bridgehead atoms. The van der Waals surface area contributed by atoms with Crippen molar-refractivity contribution in [1.29, 1.82) is 0 Å². The first-order valence-electron chi connectivity index (χ1n) is 21.6. The van der Waals surface area contributed by atoms with Gasteiger partial charge in [0.25, 0.3) is 0 Å². The summed E-state index contributed by atoms with van der Waals surface area (Å²) in [4.78, 5) is 2.46. The second-order valence-electron chi connectivity index (χ2n) is 16.7. The zero-order valence-electron chi connectivity index (χ0n) is 34.0. The maximum absolute atomic E-state index is 2.49. The Morgan fingerprint density at radius 3 is 1.29 bits per heavy atom. The highest BCUT2D eigenvalue weighted by atomic mass is 15.1. The molecule has 0 saturated carbocycles. The first-order chi connectivity index (χ1) is 30.8. The fraction of sp³-hybridized carbons (Fsp3) is 0.0164. The highest BCUT2D eigenvalue weighted by Crippen LogP contribution is 2.63. The van der Waals surface area contributed by atoms with Crippen LogP contribution in [0.1, 0.15) is 22.3 Å². The number of hydrogen-bond donors (Lipinski definition) is 0. The van der Waals surface area contributed by atoms with Crippen LogP contribution < -0.4 is 4.90 Å². The van der Waals surface area contributed by atoms with Crippen molar-refractivity contribution in [2.24, 2.45) is 0 Å². The van der Waals surface area contributed by atoms with Gasteiger partial charge < -0.3 is 4.90 Å². The first-order valence-corrected chi connectivity index (χ1v) is 21.6. The lowest BCUT2D eigenvalue weighted by atomic mass is 9.70. The van der Waals surface area contributed by atoms with Crippen molar-refractivity contribution in [2.45, 2.75) is 5.41 Å². The Labute approximate surface area is 361 Å². The van der Waals surface area contributed by atoms with Gasteiger partial charge in [0, 0.05) is 17.1 Å². The molecule has 11 aromatic rings. The Bertz CT molecular complexity index is 3470. The van der Waals surface area contributed by atoms with Crippen molar-refractivity contribution in [3.05, 3.63) is 259 Å². The van der Waals surface area contributed by atoms with E-state index in [0.29, 0.717) is 0 Å². The quantitative estimate of drug-likeness (QED) is 0.157. The van der Waals surface area contributed by atoms with Gasteiger partial charge in [-0.15, -0.1) is 0 Å². The van der Waals surface area contributed by atoms with Gasteiger partial charge in [0.15, 0.2) is 0 Å². The highest BCUT2D eigenvalue weighted by molar-refractivity contribution is 6.28. The Morgan fingerprint density at radius 2 is 0.661 bits per heavy atom. The molecule has 2 aliphatic carbocycles. The lowest BCUT2D eigenvalue weighted by Crippen LogP contribution is -2.26. The fourth-order valence-electron chi connectivity index (χ4n) is 11.1. The van der Waals surface area contributed by atoms with Crippen LogP contribution in [0, 0.1) is 0 Å². The normalized spacial score (nSPS) is 13.0. The molecule has 1 nitrogen and oxygen atoms in total. The van der Waals surface area contributed by atoms with E-state index in [2.05, 4.69) is 241 Å². The highest BCUT2D eigenvalue weighted by Gasteiger charge is 2.51. The first kappa shape index (κ1) is 34.8. The third-order valence-corrected chi connectivity index (χ3v) is 13.7. The molecule has 0 radical (unpaired) electrons. The summed E-state index contributed by atoms with van der Waals surface area (Å²) >= 11 is 0. The van der Waals surface area contributed by atoms with Crippen molar-refractivity contribution < 1.29 is 0 Å². The topological polar surface area (TPSA) is 3.24 Å². The van der Waals surface area contributed by atoms with Gasteiger partial charge in [0.05, 0.1) is 5.41 Å². The molecule has 0 aromatic heterocycles. The van der Waals surface area contributed by atoms with Crippen LogP contribution in [0.5, 0.6) is 0 Å². The van der Waals surface area contributed by atoms with Gasteiger partial charge in [-0.2, -0.15) is 0 Å². The number of nitrogens with zero attached hydrogens (tertiary/aromatic N) is 1. The predicted octanol–water partition coefficient (Wildman–Crippen LogP) is 16.3. The van der Waals surface area contributed by atoms with E-state index < -0.39 is 5.41 Å². The monoisotopic (exact) mass is 785 g/mol. The van der Waals surface area contributed by atoms with Crippen LogP contribution in [0.3, 0.4) is 0 Å². The van der Waals surface area contributed by atoms with Crippen LogP contribution in [0.15, 0.2) is 237 Å². The van der Waals surface area contributed by atoms with Crippen molar-refractivity contribution in [1.82, 2.24) is 0 Å². The molecule has 1 spiro atoms. The average molecular weight is 786 g/mol. The van der Waals surface area contributed by atoms with E-state index in [1.807, 2.05) is 0 Å². The van der Waals surface area contributed by atoms with E-state index in [4.69, 9.17) is 0 Å². The number of anilines is 3. The van der Waals surface area contributed by atoms with Crippen LogP contribution in [0.25, 0.3) is 76.8 Å². The Morgan fingerprint density at radius 1 is 0.242 bits per heavy atom. The molecule has 62 heavy (non-hydrogen) atoms. The zero-order valence-corrected chi connectivity index (χ0v) is 34.0. The number of hydrogen-bond acceptors (Lipinski definition) is 1. The summed E-state index contributed by atoms with van der Waals surface area (Å²) in [6.07, 6.45) is 0. The van der Waals surface area contributed by atoms with E-state index in [1.54, 1.807) is 0 Å². The van der Waals surface area contributed by atoms with Crippen molar-refractivity contribution >= 4 is 49.4 Å². The molecule has 0 aliphatic heterocycles. The van der Waals surface area contributed by atoms with E-state index in [-0.39, 0.29) is 0 Å². The standard InChI is InChI=1S/C61H39N/c1-2-16-40(17-3-1)41-32-34-43(35-33-41)62(44-19-14-18-42(38-44)46-27-15-28-55-49-21-5-4-20-47(49)48-22-6-7-26-54(48)60(46)55)45-36-37-53-52-25-10-13-31-58(52)61(59(53)39-45)56-29-11-8-23-50(56)51-24-9-12-30-57(51)61/h1-39H. The third kappa shape index (κ3) is 4.91. The summed E-state index contributed by atoms with van der Waals surface area (Å²) in [6, 6.07) is 87.8. The van der Waals surface area contributed by atoms with Crippen LogP contribution in [-0.2, 0) is 5.41 Å². The van der Waals surface area contributed by atoms with Crippen LogP contribution in [0.2, 0.25) is 0 Å². The maximum atomic E-state index is 2.49. The summed E-state index contributed by atoms with van der Waals surface area (Å²) < 4.78 is 0. The molecule has 0 heterocycles. The van der Waals surface area contributed by atoms with Crippen molar-refractivity contribution in [3.63, 3.8) is 0 Å². The second kappa shape index (κ2) is 13.5. The SMILES string of the molecule is c1ccc(-c2ccc(N(c3cccc(-c4cccc5c6ccccc6c6ccccc6c45)c3)c3ccc4c(c3)C3(c5ccccc5-c5ccccc53)c3ccccc3-4)cc2)cc1. The Kier molecular flexibility index (Phi) is 7.59. The summed E-state index contributed by atoms with van der Waals surface area (Å²) in [7, 11) is 0. The van der Waals surface area contributed by atoms with Gasteiger partial charge in [-0.3, -0.25) is 0 Å². The van der Waals surface area contributed by atoms with Crippen molar-refractivity contribution in [3.8, 4) is 44.5 Å². The minimum atomic E-state index is -0.438. The lowest BCUT2D eigenvalue weighted by molar-refractivity contribution is 0.793. The Balaban J connectivity index is 1.05. The molecule has 2 aliphatic rings. The molecule has 0 fully saturated rings. The van der Waals surface area contributed by atoms with E-state index >= 15 is 0 Å². The minimum absolute atomic E-state index is 0.438. The van der Waals surface area contributed by atoms with Gasteiger partial charge in [0.1, 0.15) is 0 Å². The molecule has 0 N–H and O–H groups in total. The average Bonchev–Trinajstić information content (AvgIpc) is 3.82. The molecule has 0 unspecified atom stereocenters. The smallest absolute Gasteiger partial charge is 0.0726 e. The summed E-state index contributed by atoms with van der Waals surface area (Å²) in [5, 5.41) is 7.68. The van der Waals surface area contributed by atoms with Gasteiger partial charge in [-0.05, 0) is 135 Å². The van der Waals surface area contributed by atoms with E-state index in [9.17, 15) is 0 Å². The molecule has 11 aromatic carbocycles. The number of benzene rings is 11. The lowest BCUT2D eigenvalue weighted by Gasteiger charge is -2.32. The Hall–Kier alpha value is -8.00. The van der Waals surface area contributed by atoms with Crippen LogP contribution in [0.4, 0.5) is 17.1 Å². The molecular formula is C61H39N. The fourth-order valence-corrected chi connectivity index (χ4v) is 11.1. The van der Waals surface area contributed by atoms with Gasteiger partial charge in [-0.1, -0.05) is 200 Å². The second-order valence-corrected chi connectivity index (χ2v) is 16.7. The molecule has 288 valence electrons. The largest absolute Gasteiger partial charge is 0.310 e. The molecule has 0 saturated heterocycles. The molecular weight excluding hydrogens is 747 g/mol. The molecule has 1 heteroatoms. The summed E-state index contributed by atoms with van der Waals surface area (Å²) in [5.74, 6) is 0. The van der Waals surface area contributed by atoms with Gasteiger partial charge >= 0.3 is 0 Å². The molecule has 0 atom stereocenters. The maximum Gasteiger partial charge on any atom is 0.0726 e. The van der Waals surface area contributed by atoms with Crippen LogP contribution >= 0.6 is 0 Å². The van der Waals surface area contributed by atoms with E-state index in [0.717, 1.165) is 17.1 Å². The molecule has 0 amide bonds. The summed E-state index contributed by atoms with van der Waals surface area (Å²) in [6.45, 7) is 0.